The van der Waals surface area contributed by atoms with Gasteiger partial charge in [-0.05, 0) is 0 Å². The molecule has 0 aliphatic rings. The van der Waals surface area contributed by atoms with Crippen molar-refractivity contribution in [1.29, 1.82) is 0 Å². The molecule has 0 heterocycles. The summed E-state index contributed by atoms with van der Waals surface area (Å²) in [6, 6.07) is 0. The molecule has 5 heavy (non-hydrogen) atoms. The molecule has 0 rings (SSSR count). The van der Waals surface area contributed by atoms with E-state index in [1.165, 1.54) is 0 Å². The Labute approximate surface area is 67.7 Å². The SMILES string of the molecule is Cl.O.O.[Ag].[Ag]. The van der Waals surface area contributed by atoms with Crippen LogP contribution in [0.3, 0.4) is 0 Å². The molecule has 0 saturated carbocycles. The Morgan fingerprint density at radius 3 is 0.600 bits per heavy atom. The quantitative estimate of drug-likeness (QED) is 0.501. The van der Waals surface area contributed by atoms with E-state index in [0.29, 0.717) is 0 Å². The summed E-state index contributed by atoms with van der Waals surface area (Å²) in [7, 11) is 0. The van der Waals surface area contributed by atoms with Crippen LogP contribution < -0.4 is 0 Å². The van der Waals surface area contributed by atoms with E-state index in [-0.39, 0.29) is 68.1 Å². The Bertz CT molecular complexity index is 7.61. The first-order chi connectivity index (χ1) is 0. The van der Waals surface area contributed by atoms with E-state index < -0.39 is 0 Å². The molecule has 5 heteroatoms. The molecule has 46 valence electrons. The third-order valence-electron chi connectivity index (χ3n) is 0. The minimum Gasteiger partial charge on any atom is -0.412 e. The van der Waals surface area contributed by atoms with Gasteiger partial charge in [0.25, 0.3) is 0 Å². The molecular formula is H5Ag2ClO2. The van der Waals surface area contributed by atoms with Crippen molar-refractivity contribution in [2.45, 2.75) is 0 Å². The maximum Gasteiger partial charge on any atom is 0 e. The average molecular weight is 288 g/mol. The van der Waals surface area contributed by atoms with Gasteiger partial charge in [-0.25, -0.2) is 0 Å². The zero-order valence-corrected chi connectivity index (χ0v) is 5.79. The summed E-state index contributed by atoms with van der Waals surface area (Å²) in [4.78, 5) is 0. The molecule has 0 fully saturated rings. The van der Waals surface area contributed by atoms with Crippen LogP contribution in [0, 0.1) is 0 Å². The molecule has 0 amide bonds. The molecule has 0 bridgehead atoms. The minimum atomic E-state index is 0. The second-order valence-electron chi connectivity index (χ2n) is 0. The zero-order chi connectivity index (χ0) is 0. The normalized spacial score (nSPS) is 0. The fraction of sp³-hybridized carbons (Fsp3) is 0. The van der Waals surface area contributed by atoms with Crippen LogP contribution in [0.15, 0.2) is 0 Å². The van der Waals surface area contributed by atoms with E-state index in [4.69, 9.17) is 0 Å². The van der Waals surface area contributed by atoms with E-state index in [0.717, 1.165) is 0 Å². The van der Waals surface area contributed by atoms with Crippen LogP contribution in [-0.2, 0) is 44.8 Å². The number of hydrogen-bond acceptors (Lipinski definition) is 0. The van der Waals surface area contributed by atoms with Gasteiger partial charge in [-0.1, -0.05) is 0 Å². The molecular weight excluding hydrogens is 283 g/mol. The van der Waals surface area contributed by atoms with Crippen LogP contribution in [0.5, 0.6) is 0 Å². The standard InChI is InChI=1S/2Ag.ClH.2H2O/h;;1H;2*1H2. The largest absolute Gasteiger partial charge is 0.412 e. The fourth-order valence-corrected chi connectivity index (χ4v) is 0. The molecule has 0 aliphatic heterocycles. The Morgan fingerprint density at radius 1 is 0.600 bits per heavy atom. The van der Waals surface area contributed by atoms with Crippen molar-refractivity contribution in [3.8, 4) is 0 Å². The van der Waals surface area contributed by atoms with E-state index >= 15 is 0 Å². The summed E-state index contributed by atoms with van der Waals surface area (Å²) in [5, 5.41) is 0. The Morgan fingerprint density at radius 2 is 0.600 bits per heavy atom. The third kappa shape index (κ3) is 27.1. The second-order valence-corrected chi connectivity index (χ2v) is 0. The molecule has 0 saturated heterocycles. The summed E-state index contributed by atoms with van der Waals surface area (Å²) in [5.41, 5.74) is 0. The summed E-state index contributed by atoms with van der Waals surface area (Å²) in [6.07, 6.45) is 0. The smallest absolute Gasteiger partial charge is 0 e. The van der Waals surface area contributed by atoms with E-state index in [1.807, 2.05) is 0 Å². The van der Waals surface area contributed by atoms with Crippen molar-refractivity contribution < 1.29 is 55.7 Å². The van der Waals surface area contributed by atoms with Gasteiger partial charge in [0.2, 0.25) is 0 Å². The molecule has 2 nitrogen and oxygen atoms in total. The predicted octanol–water partition coefficient (Wildman–Crippen LogP) is -1.23. The van der Waals surface area contributed by atoms with E-state index in [1.54, 1.807) is 0 Å². The van der Waals surface area contributed by atoms with Crippen LogP contribution >= 0.6 is 12.4 Å². The van der Waals surface area contributed by atoms with Gasteiger partial charge in [0.15, 0.2) is 0 Å². The number of hydrogen-bond donors (Lipinski definition) is 0. The Kier molecular flexibility index (Phi) is 664. The van der Waals surface area contributed by atoms with Crippen molar-refractivity contribution in [2.75, 3.05) is 0 Å². The molecule has 0 aromatic carbocycles. The van der Waals surface area contributed by atoms with Gasteiger partial charge >= 0.3 is 0 Å². The molecule has 0 aromatic heterocycles. The van der Waals surface area contributed by atoms with Crippen LogP contribution in [0.25, 0.3) is 0 Å². The maximum absolute atomic E-state index is 0. The molecule has 0 atom stereocenters. The van der Waals surface area contributed by atoms with Crippen molar-refractivity contribution >= 4 is 12.4 Å². The van der Waals surface area contributed by atoms with Gasteiger partial charge in [0.05, 0.1) is 0 Å². The summed E-state index contributed by atoms with van der Waals surface area (Å²) < 4.78 is 0. The zero-order valence-electron chi connectivity index (χ0n) is 2.01. The van der Waals surface area contributed by atoms with Gasteiger partial charge in [-0.15, -0.1) is 12.4 Å². The maximum atomic E-state index is 0. The van der Waals surface area contributed by atoms with Crippen molar-refractivity contribution in [2.24, 2.45) is 0 Å². The van der Waals surface area contributed by atoms with Crippen molar-refractivity contribution in [3.63, 3.8) is 0 Å². The molecule has 2 radical (unpaired) electrons. The van der Waals surface area contributed by atoms with Crippen molar-refractivity contribution in [3.05, 3.63) is 0 Å². The van der Waals surface area contributed by atoms with Gasteiger partial charge < -0.3 is 11.0 Å². The monoisotopic (exact) mass is 286 g/mol. The first-order valence-electron chi connectivity index (χ1n) is 0. The first kappa shape index (κ1) is 75.8. The van der Waals surface area contributed by atoms with Crippen LogP contribution in [0.1, 0.15) is 0 Å². The van der Waals surface area contributed by atoms with E-state index in [2.05, 4.69) is 0 Å². The summed E-state index contributed by atoms with van der Waals surface area (Å²) in [6.45, 7) is 0. The number of rotatable bonds is 0. The molecule has 0 unspecified atom stereocenters. The van der Waals surface area contributed by atoms with Crippen molar-refractivity contribution in [1.82, 2.24) is 0 Å². The Hall–Kier alpha value is 1.69. The molecule has 4 N–H and O–H groups in total. The fourth-order valence-electron chi connectivity index (χ4n) is 0. The van der Waals surface area contributed by atoms with E-state index in [9.17, 15) is 0 Å². The average Bonchev–Trinajstić information content (AvgIpc) is 0. The predicted molar refractivity (Wildman–Crippen MR) is 14.5 cm³/mol. The second kappa shape index (κ2) is 43.8. The third-order valence-corrected chi connectivity index (χ3v) is 0. The molecule has 0 aromatic rings. The summed E-state index contributed by atoms with van der Waals surface area (Å²) in [5.74, 6) is 0. The Balaban J connectivity index is 0. The molecule has 0 spiro atoms. The minimum absolute atomic E-state index is 0. The van der Waals surface area contributed by atoms with Crippen LogP contribution in [0.2, 0.25) is 0 Å². The first-order valence-corrected chi connectivity index (χ1v) is 0. The van der Waals surface area contributed by atoms with Gasteiger partial charge in [0, 0.05) is 44.8 Å². The molecule has 0 aliphatic carbocycles. The number of halogens is 1. The topological polar surface area (TPSA) is 63.0 Å². The van der Waals surface area contributed by atoms with Gasteiger partial charge in [-0.2, -0.15) is 0 Å². The summed E-state index contributed by atoms with van der Waals surface area (Å²) >= 11 is 0. The van der Waals surface area contributed by atoms with Crippen LogP contribution in [0.4, 0.5) is 0 Å². The van der Waals surface area contributed by atoms with Gasteiger partial charge in [-0.3, -0.25) is 0 Å². The van der Waals surface area contributed by atoms with Crippen LogP contribution in [-0.4, -0.2) is 11.0 Å². The van der Waals surface area contributed by atoms with Gasteiger partial charge in [0.1, 0.15) is 0 Å².